The second-order valence-electron chi connectivity index (χ2n) is 5.20. The highest BCUT2D eigenvalue weighted by Gasteiger charge is 2.20. The van der Waals surface area contributed by atoms with Gasteiger partial charge in [0, 0.05) is 0 Å². The van der Waals surface area contributed by atoms with Crippen LogP contribution in [0.1, 0.15) is 35.6 Å². The summed E-state index contributed by atoms with van der Waals surface area (Å²) in [6.45, 7) is 0. The van der Waals surface area contributed by atoms with Gasteiger partial charge in [-0.2, -0.15) is 5.26 Å². The Morgan fingerprint density at radius 2 is 2.05 bits per heavy atom. The van der Waals surface area contributed by atoms with Gasteiger partial charge in [-0.05, 0) is 48.6 Å². The summed E-state index contributed by atoms with van der Waals surface area (Å²) in [7, 11) is 0. The van der Waals surface area contributed by atoms with E-state index in [4.69, 9.17) is 11.0 Å². The first-order valence-electron chi connectivity index (χ1n) is 6.92. The highest BCUT2D eigenvalue weighted by atomic mass is 14.9. The topological polar surface area (TPSA) is 61.8 Å². The van der Waals surface area contributed by atoms with Gasteiger partial charge in [0.25, 0.3) is 0 Å². The monoisotopic (exact) mass is 263 g/mol. The van der Waals surface area contributed by atoms with Crippen molar-refractivity contribution in [2.24, 2.45) is 0 Å². The Balaban J connectivity index is 1.91. The highest BCUT2D eigenvalue weighted by Crippen LogP contribution is 2.34. The van der Waals surface area contributed by atoms with E-state index < -0.39 is 0 Å². The Bertz CT molecular complexity index is 670. The summed E-state index contributed by atoms with van der Waals surface area (Å²) in [6, 6.07) is 16.3. The van der Waals surface area contributed by atoms with Gasteiger partial charge >= 0.3 is 0 Å². The molecule has 20 heavy (non-hydrogen) atoms. The van der Waals surface area contributed by atoms with Crippen molar-refractivity contribution < 1.29 is 0 Å². The largest absolute Gasteiger partial charge is 0.397 e. The molecule has 3 rings (SSSR count). The average molecular weight is 263 g/mol. The van der Waals surface area contributed by atoms with E-state index in [1.165, 1.54) is 17.5 Å². The van der Waals surface area contributed by atoms with Crippen molar-refractivity contribution in [1.82, 2.24) is 0 Å². The van der Waals surface area contributed by atoms with E-state index in [1.54, 1.807) is 12.1 Å². The molecule has 3 heteroatoms. The lowest BCUT2D eigenvalue weighted by Crippen LogP contribution is -2.18. The molecule has 3 nitrogen and oxygen atoms in total. The number of rotatable bonds is 2. The summed E-state index contributed by atoms with van der Waals surface area (Å²) in [6.07, 6.45) is 3.40. The summed E-state index contributed by atoms with van der Waals surface area (Å²) in [5, 5.41) is 12.5. The maximum absolute atomic E-state index is 9.00. The van der Waals surface area contributed by atoms with Crippen LogP contribution in [-0.2, 0) is 6.42 Å². The van der Waals surface area contributed by atoms with Crippen LogP contribution in [0.15, 0.2) is 42.5 Å². The van der Waals surface area contributed by atoms with Crippen LogP contribution < -0.4 is 11.1 Å². The summed E-state index contributed by atoms with van der Waals surface area (Å²) in [4.78, 5) is 0. The van der Waals surface area contributed by atoms with Crippen LogP contribution in [0.3, 0.4) is 0 Å². The molecule has 0 fully saturated rings. The molecule has 0 heterocycles. The number of nitrogens with one attached hydrogen (secondary N) is 1. The van der Waals surface area contributed by atoms with E-state index in [2.05, 4.69) is 35.7 Å². The lowest BCUT2D eigenvalue weighted by atomic mass is 9.87. The van der Waals surface area contributed by atoms with E-state index >= 15 is 0 Å². The third-order valence-electron chi connectivity index (χ3n) is 3.88. The van der Waals surface area contributed by atoms with E-state index in [-0.39, 0.29) is 6.04 Å². The summed E-state index contributed by atoms with van der Waals surface area (Å²) in [5.74, 6) is 0. The molecule has 0 saturated carbocycles. The Morgan fingerprint density at radius 3 is 2.90 bits per heavy atom. The first-order valence-corrected chi connectivity index (χ1v) is 6.92. The lowest BCUT2D eigenvalue weighted by molar-refractivity contribution is 0.600. The third-order valence-corrected chi connectivity index (χ3v) is 3.88. The molecule has 0 radical (unpaired) electrons. The zero-order valence-electron chi connectivity index (χ0n) is 11.3. The number of anilines is 2. The van der Waals surface area contributed by atoms with Crippen molar-refractivity contribution in [2.75, 3.05) is 11.1 Å². The summed E-state index contributed by atoms with van der Waals surface area (Å²) >= 11 is 0. The molecule has 0 bridgehead atoms. The molecule has 2 aromatic rings. The second-order valence-corrected chi connectivity index (χ2v) is 5.20. The fourth-order valence-corrected chi connectivity index (χ4v) is 2.84. The van der Waals surface area contributed by atoms with E-state index in [1.807, 2.05) is 6.07 Å². The van der Waals surface area contributed by atoms with Gasteiger partial charge in [0.2, 0.25) is 0 Å². The first kappa shape index (κ1) is 12.6. The molecule has 100 valence electrons. The van der Waals surface area contributed by atoms with Crippen molar-refractivity contribution >= 4 is 11.4 Å². The van der Waals surface area contributed by atoms with E-state index in [9.17, 15) is 0 Å². The number of nitrogens with zero attached hydrogens (tertiary/aromatic N) is 1. The fourth-order valence-electron chi connectivity index (χ4n) is 2.84. The van der Waals surface area contributed by atoms with Crippen molar-refractivity contribution in [2.45, 2.75) is 25.3 Å². The van der Waals surface area contributed by atoms with E-state index in [0.717, 1.165) is 18.5 Å². The zero-order valence-corrected chi connectivity index (χ0v) is 11.3. The Morgan fingerprint density at radius 1 is 1.20 bits per heavy atom. The predicted molar refractivity (Wildman–Crippen MR) is 81.3 cm³/mol. The minimum atomic E-state index is 0.274. The number of nitrogens with two attached hydrogens (primary N) is 1. The minimum absolute atomic E-state index is 0.274. The quantitative estimate of drug-likeness (QED) is 0.813. The average Bonchev–Trinajstić information content (AvgIpc) is 2.50. The number of hydrogen-bond acceptors (Lipinski definition) is 3. The predicted octanol–water partition coefficient (Wildman–Crippen LogP) is 3.63. The molecule has 1 aliphatic rings. The molecule has 1 unspecified atom stereocenters. The van der Waals surface area contributed by atoms with Gasteiger partial charge in [-0.15, -0.1) is 0 Å². The highest BCUT2D eigenvalue weighted by molar-refractivity contribution is 5.69. The van der Waals surface area contributed by atoms with Crippen LogP contribution in [0.5, 0.6) is 0 Å². The number of aryl methyl sites for hydroxylation is 1. The lowest BCUT2D eigenvalue weighted by Gasteiger charge is -2.27. The van der Waals surface area contributed by atoms with Crippen molar-refractivity contribution in [3.63, 3.8) is 0 Å². The van der Waals surface area contributed by atoms with Gasteiger partial charge in [-0.25, -0.2) is 0 Å². The molecule has 0 aromatic heterocycles. The molecule has 0 aliphatic heterocycles. The van der Waals surface area contributed by atoms with Crippen LogP contribution in [0.4, 0.5) is 11.4 Å². The zero-order chi connectivity index (χ0) is 13.9. The number of hydrogen-bond donors (Lipinski definition) is 2. The van der Waals surface area contributed by atoms with Gasteiger partial charge in [0.1, 0.15) is 0 Å². The maximum Gasteiger partial charge on any atom is 0.0992 e. The number of benzene rings is 2. The Hall–Kier alpha value is -2.47. The molecule has 2 aromatic carbocycles. The van der Waals surface area contributed by atoms with Gasteiger partial charge in [0.05, 0.1) is 29.0 Å². The maximum atomic E-state index is 9.00. The van der Waals surface area contributed by atoms with Crippen molar-refractivity contribution in [3.05, 3.63) is 59.2 Å². The van der Waals surface area contributed by atoms with Gasteiger partial charge in [-0.3, -0.25) is 0 Å². The smallest absolute Gasteiger partial charge is 0.0992 e. The van der Waals surface area contributed by atoms with Gasteiger partial charge in [0.15, 0.2) is 0 Å². The molecular formula is C17H17N3. The number of nitriles is 1. The SMILES string of the molecule is N#Cc1ccc(N)c(NC2CCCc3ccccc32)c1. The van der Waals surface area contributed by atoms with Crippen LogP contribution in [0.25, 0.3) is 0 Å². The normalized spacial score (nSPS) is 17.1. The third kappa shape index (κ3) is 2.33. The molecule has 1 aliphatic carbocycles. The standard InChI is InChI=1S/C17H17N3/c18-11-12-8-9-15(19)17(10-12)20-16-7-3-5-13-4-1-2-6-14(13)16/h1-2,4,6,8-10,16,20H,3,5,7,19H2. The molecule has 1 atom stereocenters. The van der Waals surface area contributed by atoms with Crippen molar-refractivity contribution in [3.8, 4) is 6.07 Å². The van der Waals surface area contributed by atoms with Crippen LogP contribution in [-0.4, -0.2) is 0 Å². The van der Waals surface area contributed by atoms with Crippen LogP contribution in [0.2, 0.25) is 0 Å². The van der Waals surface area contributed by atoms with Crippen molar-refractivity contribution in [1.29, 1.82) is 5.26 Å². The molecular weight excluding hydrogens is 246 g/mol. The number of fused-ring (bicyclic) bond motifs is 1. The number of nitrogen functional groups attached to an aromatic ring is 1. The van der Waals surface area contributed by atoms with E-state index in [0.29, 0.717) is 11.3 Å². The second kappa shape index (κ2) is 5.26. The minimum Gasteiger partial charge on any atom is -0.397 e. The fraction of sp³-hybridized carbons (Fsp3) is 0.235. The van der Waals surface area contributed by atoms with Crippen LogP contribution >= 0.6 is 0 Å². The first-order chi connectivity index (χ1) is 9.78. The summed E-state index contributed by atoms with van der Waals surface area (Å²) in [5.41, 5.74) is 10.9. The van der Waals surface area contributed by atoms with Gasteiger partial charge < -0.3 is 11.1 Å². The Kier molecular flexibility index (Phi) is 3.30. The molecule has 0 spiro atoms. The van der Waals surface area contributed by atoms with Gasteiger partial charge in [-0.1, -0.05) is 24.3 Å². The molecule has 3 N–H and O–H groups in total. The molecule has 0 amide bonds. The Labute approximate surface area is 119 Å². The van der Waals surface area contributed by atoms with Crippen LogP contribution in [0, 0.1) is 11.3 Å². The summed E-state index contributed by atoms with van der Waals surface area (Å²) < 4.78 is 0. The molecule has 0 saturated heterocycles.